The molecule has 0 bridgehead atoms. The molecule has 0 atom stereocenters. The van der Waals surface area contributed by atoms with Crippen LogP contribution in [0.1, 0.15) is 41.0 Å². The fourth-order valence-corrected chi connectivity index (χ4v) is 2.27. The molecule has 2 N–H and O–H groups in total. The fraction of sp³-hybridized carbons (Fsp3) is 0.353. The first-order chi connectivity index (χ1) is 11.3. The Balaban J connectivity index is 2.18. The summed E-state index contributed by atoms with van der Waals surface area (Å²) in [6, 6.07) is 3.08. The van der Waals surface area contributed by atoms with Crippen molar-refractivity contribution >= 4 is 5.91 Å². The van der Waals surface area contributed by atoms with Crippen LogP contribution in [0.5, 0.6) is 5.88 Å². The maximum Gasteiger partial charge on any atom is 0.254 e. The van der Waals surface area contributed by atoms with Crippen molar-refractivity contribution < 1.29 is 13.9 Å². The molecular weight excluding hydrogens is 313 g/mol. The molecule has 0 aliphatic rings. The topological polar surface area (TPSA) is 84.1 Å². The Kier molecular flexibility index (Phi) is 5.33. The Labute approximate surface area is 139 Å². The van der Waals surface area contributed by atoms with Gasteiger partial charge in [0.2, 0.25) is 0 Å². The average molecular weight is 333 g/mol. The van der Waals surface area contributed by atoms with Crippen molar-refractivity contribution in [2.45, 2.75) is 40.3 Å². The van der Waals surface area contributed by atoms with E-state index in [4.69, 9.17) is 4.74 Å². The van der Waals surface area contributed by atoms with Crippen molar-refractivity contribution in [2.24, 2.45) is 0 Å². The van der Waals surface area contributed by atoms with Gasteiger partial charge in [-0.25, -0.2) is 9.37 Å². The molecule has 7 heteroatoms. The molecule has 2 aromatic rings. The van der Waals surface area contributed by atoms with Crippen LogP contribution >= 0.6 is 0 Å². The van der Waals surface area contributed by atoms with Crippen LogP contribution in [0.15, 0.2) is 23.1 Å². The summed E-state index contributed by atoms with van der Waals surface area (Å²) < 4.78 is 19.5. The maximum absolute atomic E-state index is 14.3. The molecule has 2 heterocycles. The number of nitrogens with zero attached hydrogens (tertiary/aromatic N) is 1. The van der Waals surface area contributed by atoms with E-state index in [2.05, 4.69) is 15.3 Å². The predicted octanol–water partition coefficient (Wildman–Crippen LogP) is 2.24. The molecule has 2 rings (SSSR count). The zero-order valence-electron chi connectivity index (χ0n) is 14.1. The molecule has 2 aromatic heterocycles. The number of halogens is 1. The highest BCUT2D eigenvalue weighted by molar-refractivity contribution is 5.94. The molecule has 0 spiro atoms. The van der Waals surface area contributed by atoms with Crippen LogP contribution in [0, 0.1) is 19.7 Å². The molecule has 6 nitrogen and oxygen atoms in total. The number of hydrogen-bond acceptors (Lipinski definition) is 4. The predicted molar refractivity (Wildman–Crippen MR) is 87.7 cm³/mol. The number of ether oxygens (including phenoxy) is 1. The number of H-pyrrole nitrogens is 1. The van der Waals surface area contributed by atoms with Crippen LogP contribution in [0.4, 0.5) is 4.39 Å². The van der Waals surface area contributed by atoms with Gasteiger partial charge >= 0.3 is 0 Å². The lowest BCUT2D eigenvalue weighted by atomic mass is 10.1. The van der Waals surface area contributed by atoms with Crippen LogP contribution in [-0.2, 0) is 6.54 Å². The van der Waals surface area contributed by atoms with Crippen LogP contribution in [0.3, 0.4) is 0 Å². The number of aromatic amines is 1. The third kappa shape index (κ3) is 3.98. The van der Waals surface area contributed by atoms with Gasteiger partial charge in [-0.05, 0) is 45.4 Å². The first-order valence-electron chi connectivity index (χ1n) is 7.58. The standard InChI is InChI=1S/C17H20FN3O3/c1-9(2)24-17-14(18)12(5-6-19-17)15(22)20-8-13-10(3)7-11(4)21-16(13)23/h5-7,9H,8H2,1-4H3,(H,20,22)(H,21,23). The molecule has 1 amide bonds. The number of aryl methyl sites for hydroxylation is 2. The SMILES string of the molecule is Cc1cc(C)c(CNC(=O)c2ccnc(OC(C)C)c2F)c(=O)[nH]1. The second kappa shape index (κ2) is 7.25. The van der Waals surface area contributed by atoms with E-state index in [9.17, 15) is 14.0 Å². The summed E-state index contributed by atoms with van der Waals surface area (Å²) in [5.41, 5.74) is 1.48. The van der Waals surface area contributed by atoms with Crippen molar-refractivity contribution in [1.29, 1.82) is 0 Å². The quantitative estimate of drug-likeness (QED) is 0.879. The summed E-state index contributed by atoms with van der Waals surface area (Å²) in [7, 11) is 0. The minimum atomic E-state index is -0.821. The zero-order chi connectivity index (χ0) is 17.9. The summed E-state index contributed by atoms with van der Waals surface area (Å²) in [5.74, 6) is -1.68. The lowest BCUT2D eigenvalue weighted by molar-refractivity contribution is 0.0944. The molecule has 0 aliphatic carbocycles. The summed E-state index contributed by atoms with van der Waals surface area (Å²) in [4.78, 5) is 30.6. The average Bonchev–Trinajstić information content (AvgIpc) is 2.47. The highest BCUT2D eigenvalue weighted by Gasteiger charge is 2.18. The normalized spacial score (nSPS) is 10.8. The number of rotatable bonds is 5. The molecule has 24 heavy (non-hydrogen) atoms. The molecule has 0 aromatic carbocycles. The van der Waals surface area contributed by atoms with E-state index in [-0.39, 0.29) is 29.7 Å². The zero-order valence-corrected chi connectivity index (χ0v) is 14.1. The van der Waals surface area contributed by atoms with Gasteiger partial charge in [-0.1, -0.05) is 0 Å². The summed E-state index contributed by atoms with van der Waals surface area (Å²) in [5, 5.41) is 2.56. The third-order valence-corrected chi connectivity index (χ3v) is 3.37. The van der Waals surface area contributed by atoms with Gasteiger partial charge in [0.05, 0.1) is 11.7 Å². The summed E-state index contributed by atoms with van der Waals surface area (Å²) in [6.45, 7) is 7.04. The number of carbonyl (C=O) groups excluding carboxylic acids is 1. The molecule has 0 saturated heterocycles. The van der Waals surface area contributed by atoms with Crippen LogP contribution in [0.2, 0.25) is 0 Å². The monoisotopic (exact) mass is 333 g/mol. The number of carbonyl (C=O) groups is 1. The second-order valence-electron chi connectivity index (χ2n) is 5.77. The molecule has 0 saturated carbocycles. The van der Waals surface area contributed by atoms with Crippen molar-refractivity contribution in [3.63, 3.8) is 0 Å². The Bertz CT molecular complexity index is 815. The van der Waals surface area contributed by atoms with Crippen LogP contribution in [0.25, 0.3) is 0 Å². The first kappa shape index (κ1) is 17.7. The van der Waals surface area contributed by atoms with Crippen molar-refractivity contribution in [1.82, 2.24) is 15.3 Å². The van der Waals surface area contributed by atoms with E-state index in [1.807, 2.05) is 6.07 Å². The smallest absolute Gasteiger partial charge is 0.254 e. The van der Waals surface area contributed by atoms with Gasteiger partial charge in [0, 0.05) is 24.0 Å². The van der Waals surface area contributed by atoms with Gasteiger partial charge in [0.1, 0.15) is 0 Å². The van der Waals surface area contributed by atoms with Gasteiger partial charge in [-0.2, -0.15) is 0 Å². The lowest BCUT2D eigenvalue weighted by Crippen LogP contribution is -2.28. The van der Waals surface area contributed by atoms with E-state index in [0.29, 0.717) is 5.56 Å². The van der Waals surface area contributed by atoms with Crippen LogP contribution in [-0.4, -0.2) is 22.0 Å². The molecule has 0 radical (unpaired) electrons. The van der Waals surface area contributed by atoms with Crippen molar-refractivity contribution in [3.05, 3.63) is 56.9 Å². The Morgan fingerprint density at radius 3 is 2.75 bits per heavy atom. The number of aromatic nitrogens is 2. The van der Waals surface area contributed by atoms with Crippen molar-refractivity contribution in [2.75, 3.05) is 0 Å². The summed E-state index contributed by atoms with van der Waals surface area (Å²) in [6.07, 6.45) is 1.04. The summed E-state index contributed by atoms with van der Waals surface area (Å²) >= 11 is 0. The number of amides is 1. The van der Waals surface area contributed by atoms with Gasteiger partial charge < -0.3 is 15.0 Å². The minimum Gasteiger partial charge on any atom is -0.473 e. The molecular formula is C17H20FN3O3. The second-order valence-corrected chi connectivity index (χ2v) is 5.77. The van der Waals surface area contributed by atoms with Gasteiger partial charge in [0.25, 0.3) is 17.3 Å². The number of hydrogen-bond donors (Lipinski definition) is 2. The molecule has 0 aliphatic heterocycles. The Morgan fingerprint density at radius 2 is 2.12 bits per heavy atom. The van der Waals surface area contributed by atoms with Gasteiger partial charge in [-0.3, -0.25) is 9.59 Å². The fourth-order valence-electron chi connectivity index (χ4n) is 2.27. The number of pyridine rings is 2. The van der Waals surface area contributed by atoms with Crippen molar-refractivity contribution in [3.8, 4) is 5.88 Å². The molecule has 0 unspecified atom stereocenters. The van der Waals surface area contributed by atoms with E-state index in [0.717, 1.165) is 11.3 Å². The number of nitrogens with one attached hydrogen (secondary N) is 2. The largest absolute Gasteiger partial charge is 0.473 e. The highest BCUT2D eigenvalue weighted by Crippen LogP contribution is 2.18. The third-order valence-electron chi connectivity index (χ3n) is 3.37. The molecule has 128 valence electrons. The van der Waals surface area contributed by atoms with E-state index in [1.165, 1.54) is 12.3 Å². The van der Waals surface area contributed by atoms with E-state index < -0.39 is 11.7 Å². The maximum atomic E-state index is 14.3. The van der Waals surface area contributed by atoms with E-state index in [1.54, 1.807) is 27.7 Å². The van der Waals surface area contributed by atoms with Gasteiger partial charge in [-0.15, -0.1) is 0 Å². The Hall–Kier alpha value is -2.70. The highest BCUT2D eigenvalue weighted by atomic mass is 19.1. The minimum absolute atomic E-state index is 0.00239. The lowest BCUT2D eigenvalue weighted by Gasteiger charge is -2.12. The van der Waals surface area contributed by atoms with E-state index >= 15 is 0 Å². The molecule has 0 fully saturated rings. The first-order valence-corrected chi connectivity index (χ1v) is 7.58. The van der Waals surface area contributed by atoms with Gasteiger partial charge in [0.15, 0.2) is 5.82 Å². The Morgan fingerprint density at radius 1 is 1.42 bits per heavy atom. The van der Waals surface area contributed by atoms with Crippen LogP contribution < -0.4 is 15.6 Å².